The van der Waals surface area contributed by atoms with Crippen molar-refractivity contribution in [2.45, 2.75) is 11.8 Å². The van der Waals surface area contributed by atoms with E-state index in [0.717, 1.165) is 5.56 Å². The molecule has 3 rings (SSSR count). The number of nitrogens with zero attached hydrogens (tertiary/aromatic N) is 1. The molecule has 2 aromatic rings. The Labute approximate surface area is 172 Å². The fraction of sp³-hybridized carbons (Fsp3) is 0.118. The van der Waals surface area contributed by atoms with E-state index >= 15 is 0 Å². The van der Waals surface area contributed by atoms with Gasteiger partial charge < -0.3 is 10.6 Å². The van der Waals surface area contributed by atoms with Crippen LogP contribution < -0.4 is 40.2 Å². The van der Waals surface area contributed by atoms with E-state index in [1.807, 2.05) is 0 Å². The minimum Gasteiger partial charge on any atom is -0.366 e. The topological polar surface area (TPSA) is 101 Å². The van der Waals surface area contributed by atoms with Crippen molar-refractivity contribution in [2.75, 3.05) is 4.90 Å². The Kier molecular flexibility index (Phi) is 6.25. The molecule has 1 unspecified atom stereocenters. The van der Waals surface area contributed by atoms with Gasteiger partial charge in [-0.3, -0.25) is 9.35 Å². The number of halogens is 1. The first kappa shape index (κ1) is 20.6. The van der Waals surface area contributed by atoms with Crippen LogP contribution in [0.2, 0.25) is 0 Å². The van der Waals surface area contributed by atoms with Crippen LogP contribution in [0, 0.1) is 5.82 Å². The van der Waals surface area contributed by atoms with Gasteiger partial charge in [0, 0.05) is 24.0 Å². The maximum absolute atomic E-state index is 13.1. The summed E-state index contributed by atoms with van der Waals surface area (Å²) in [6.07, 6.45) is 1.31. The second-order valence-electron chi connectivity index (χ2n) is 5.66. The summed E-state index contributed by atoms with van der Waals surface area (Å²) in [7, 11) is -4.58. The van der Waals surface area contributed by atoms with E-state index in [9.17, 15) is 22.2 Å². The number of para-hydroxylation sites is 1. The molecule has 2 aromatic carbocycles. The number of hydrogen-bond donors (Lipinski definition) is 2. The molecule has 1 aliphatic rings. The van der Waals surface area contributed by atoms with Crippen molar-refractivity contribution in [1.82, 2.24) is 0 Å². The maximum atomic E-state index is 13.1. The van der Waals surface area contributed by atoms with Crippen LogP contribution >= 0.6 is 0 Å². The molecule has 0 saturated carbocycles. The summed E-state index contributed by atoms with van der Waals surface area (Å²) in [5.74, 6) is -1.32. The molecule has 3 N–H and O–H groups in total. The molecule has 0 saturated heterocycles. The summed E-state index contributed by atoms with van der Waals surface area (Å²) in [5.41, 5.74) is 6.61. The molecule has 0 radical (unpaired) electrons. The van der Waals surface area contributed by atoms with Gasteiger partial charge in [0.1, 0.15) is 11.1 Å². The van der Waals surface area contributed by atoms with Crippen LogP contribution in [0.3, 0.4) is 0 Å². The largest absolute Gasteiger partial charge is 1.00 e. The van der Waals surface area contributed by atoms with Crippen molar-refractivity contribution in [3.8, 4) is 0 Å². The number of amides is 1. The Morgan fingerprint density at radius 2 is 1.77 bits per heavy atom. The monoisotopic (exact) mass is 385 g/mol. The van der Waals surface area contributed by atoms with Crippen LogP contribution in [0.15, 0.2) is 60.3 Å². The molecule has 1 heterocycles. The molecule has 9 heteroatoms. The smallest absolute Gasteiger partial charge is 0.366 e. The summed E-state index contributed by atoms with van der Waals surface area (Å²) in [6.45, 7) is 0.270. The Morgan fingerprint density at radius 3 is 2.35 bits per heavy atom. The number of hydrogen-bond acceptors (Lipinski definition) is 4. The standard InChI is InChI=1S/C17H15FN2O4S.Na/c18-12-7-5-11(6-8-12)9-20-10-14(17(19)21)16(25(22,23)24)13-3-1-2-4-15(13)20;/h1-8,10,16H,9H2,(H2,19,21)(H,22,23,24);/q;+1. The van der Waals surface area contributed by atoms with Gasteiger partial charge in [-0.15, -0.1) is 0 Å². The van der Waals surface area contributed by atoms with Gasteiger partial charge in [0.2, 0.25) is 5.91 Å². The Balaban J connectivity index is 0.00000243. The Hall–Kier alpha value is -1.71. The predicted molar refractivity (Wildman–Crippen MR) is 90.6 cm³/mol. The Morgan fingerprint density at radius 1 is 1.15 bits per heavy atom. The quantitative estimate of drug-likeness (QED) is 0.527. The number of carbonyl (C=O) groups is 1. The van der Waals surface area contributed by atoms with Gasteiger partial charge in [-0.1, -0.05) is 30.3 Å². The van der Waals surface area contributed by atoms with Crippen molar-refractivity contribution in [2.24, 2.45) is 5.73 Å². The summed E-state index contributed by atoms with van der Waals surface area (Å²) < 4.78 is 46.3. The first-order valence-electron chi connectivity index (χ1n) is 7.35. The van der Waals surface area contributed by atoms with E-state index in [1.165, 1.54) is 24.4 Å². The Bertz CT molecular complexity index is 961. The molecule has 1 amide bonds. The molecule has 26 heavy (non-hydrogen) atoms. The van der Waals surface area contributed by atoms with Crippen LogP contribution in [0.25, 0.3) is 0 Å². The number of benzene rings is 2. The predicted octanol–water partition coefficient (Wildman–Crippen LogP) is -0.852. The average molecular weight is 385 g/mol. The number of primary amides is 1. The number of anilines is 1. The number of nitrogens with two attached hydrogens (primary N) is 1. The third-order valence-electron chi connectivity index (χ3n) is 3.95. The van der Waals surface area contributed by atoms with Gasteiger partial charge >= 0.3 is 29.6 Å². The second-order valence-corrected chi connectivity index (χ2v) is 7.16. The first-order valence-corrected chi connectivity index (χ1v) is 8.85. The fourth-order valence-electron chi connectivity index (χ4n) is 2.87. The summed E-state index contributed by atoms with van der Waals surface area (Å²) >= 11 is 0. The zero-order valence-electron chi connectivity index (χ0n) is 14.0. The number of carbonyl (C=O) groups excluding carboxylic acids is 1. The molecule has 1 aliphatic heterocycles. The van der Waals surface area contributed by atoms with E-state index in [2.05, 4.69) is 0 Å². The molecule has 130 valence electrons. The third kappa shape index (κ3) is 4.16. The van der Waals surface area contributed by atoms with Crippen LogP contribution in [-0.4, -0.2) is 18.9 Å². The van der Waals surface area contributed by atoms with Crippen molar-refractivity contribution >= 4 is 21.7 Å². The molecule has 0 spiro atoms. The van der Waals surface area contributed by atoms with E-state index in [0.29, 0.717) is 5.69 Å². The molecule has 0 aliphatic carbocycles. The van der Waals surface area contributed by atoms with Crippen LogP contribution in [0.5, 0.6) is 0 Å². The molecule has 0 fully saturated rings. The van der Waals surface area contributed by atoms with E-state index < -0.39 is 21.3 Å². The zero-order chi connectivity index (χ0) is 18.2. The zero-order valence-corrected chi connectivity index (χ0v) is 16.8. The van der Waals surface area contributed by atoms with Gasteiger partial charge in [-0.2, -0.15) is 8.42 Å². The van der Waals surface area contributed by atoms with Crippen molar-refractivity contribution < 1.29 is 51.7 Å². The van der Waals surface area contributed by atoms with Crippen LogP contribution in [0.1, 0.15) is 16.4 Å². The fourth-order valence-corrected chi connectivity index (χ4v) is 3.89. The van der Waals surface area contributed by atoms with E-state index in [1.54, 1.807) is 35.2 Å². The second kappa shape index (κ2) is 7.89. The minimum atomic E-state index is -4.58. The van der Waals surface area contributed by atoms with Crippen LogP contribution in [-0.2, 0) is 21.5 Å². The van der Waals surface area contributed by atoms with Gasteiger partial charge in [0.05, 0.1) is 5.57 Å². The number of rotatable bonds is 4. The van der Waals surface area contributed by atoms with E-state index in [-0.39, 0.29) is 53.1 Å². The summed E-state index contributed by atoms with van der Waals surface area (Å²) in [6, 6.07) is 12.3. The number of fused-ring (bicyclic) bond motifs is 1. The van der Waals surface area contributed by atoms with Crippen molar-refractivity contribution in [3.63, 3.8) is 0 Å². The van der Waals surface area contributed by atoms with Gasteiger partial charge in [-0.05, 0) is 23.8 Å². The van der Waals surface area contributed by atoms with Crippen molar-refractivity contribution in [1.29, 1.82) is 0 Å². The average Bonchev–Trinajstić information content (AvgIpc) is 2.55. The van der Waals surface area contributed by atoms with Gasteiger partial charge in [0.15, 0.2) is 0 Å². The molecule has 0 bridgehead atoms. The minimum absolute atomic E-state index is 0. The summed E-state index contributed by atoms with van der Waals surface area (Å²) in [4.78, 5) is 13.4. The molecular formula is C17H15FN2NaO4S+. The molecule has 1 atom stereocenters. The normalized spacial score (nSPS) is 16.3. The van der Waals surface area contributed by atoms with Gasteiger partial charge in [-0.25, -0.2) is 4.39 Å². The third-order valence-corrected chi connectivity index (χ3v) is 5.06. The maximum Gasteiger partial charge on any atom is 1.00 e. The van der Waals surface area contributed by atoms with Crippen LogP contribution in [0.4, 0.5) is 10.1 Å². The molecule has 0 aromatic heterocycles. The SMILES string of the molecule is NC(=O)C1=CN(Cc2ccc(F)cc2)c2ccccc2C1S(=O)(=O)O.[Na+]. The van der Waals surface area contributed by atoms with E-state index in [4.69, 9.17) is 5.73 Å². The first-order chi connectivity index (χ1) is 11.8. The molecular weight excluding hydrogens is 370 g/mol. The van der Waals surface area contributed by atoms with Crippen molar-refractivity contribution in [3.05, 3.63) is 77.2 Å². The molecule has 6 nitrogen and oxygen atoms in total. The van der Waals surface area contributed by atoms with Gasteiger partial charge in [0.25, 0.3) is 10.1 Å². The summed E-state index contributed by atoms with van der Waals surface area (Å²) in [5, 5.41) is -1.54.